The van der Waals surface area contributed by atoms with Gasteiger partial charge in [-0.05, 0) is 25.7 Å². The van der Waals surface area contributed by atoms with Crippen LogP contribution < -0.4 is 16.4 Å². The normalized spacial score (nSPS) is 36.0. The van der Waals surface area contributed by atoms with Crippen molar-refractivity contribution >= 4 is 5.91 Å². The van der Waals surface area contributed by atoms with Crippen molar-refractivity contribution in [3.8, 4) is 0 Å². The van der Waals surface area contributed by atoms with Crippen LogP contribution in [0.5, 0.6) is 0 Å². The Morgan fingerprint density at radius 3 is 2.19 bits per heavy atom. The molecule has 0 bridgehead atoms. The molecule has 2 saturated heterocycles. The summed E-state index contributed by atoms with van der Waals surface area (Å²) in [5, 5.41) is 5.52. The molecular weight excluding hydrogens is 378 g/mol. The van der Waals surface area contributed by atoms with Crippen LogP contribution in [0.2, 0.25) is 0 Å². The quantitative estimate of drug-likeness (QED) is 0.616. The van der Waals surface area contributed by atoms with Gasteiger partial charge in [0.05, 0.1) is 24.4 Å². The summed E-state index contributed by atoms with van der Waals surface area (Å²) in [7, 11) is 0. The van der Waals surface area contributed by atoms with Crippen LogP contribution in [0.3, 0.4) is 0 Å². The van der Waals surface area contributed by atoms with Gasteiger partial charge in [-0.3, -0.25) is 15.4 Å². The van der Waals surface area contributed by atoms with Gasteiger partial charge in [0, 0.05) is 31.2 Å². The molecule has 4 N–H and O–H groups in total. The van der Waals surface area contributed by atoms with Crippen molar-refractivity contribution in [2.24, 2.45) is 17.6 Å². The molecule has 11 heteroatoms. The third-order valence-electron chi connectivity index (χ3n) is 5.91. The third kappa shape index (κ3) is 4.68. The van der Waals surface area contributed by atoms with E-state index >= 15 is 0 Å². The van der Waals surface area contributed by atoms with Crippen molar-refractivity contribution in [3.63, 3.8) is 0 Å². The first-order valence-corrected chi connectivity index (χ1v) is 9.14. The smallest absolute Gasteiger partial charge is 0.342 e. The SMILES string of the molecule is NC1CCN(C(=O)CC2NC3CC(C(F)(F)F)CC(C(F)(F)F)C3N2)CC1. The number of nitrogens with one attached hydrogen (secondary N) is 2. The number of hydrogen-bond donors (Lipinski definition) is 3. The van der Waals surface area contributed by atoms with E-state index in [1.54, 1.807) is 4.90 Å². The van der Waals surface area contributed by atoms with E-state index in [1.165, 1.54) is 0 Å². The number of amides is 1. The highest BCUT2D eigenvalue weighted by Crippen LogP contribution is 2.47. The van der Waals surface area contributed by atoms with Crippen LogP contribution in [0.4, 0.5) is 26.3 Å². The van der Waals surface area contributed by atoms with E-state index < -0.39 is 55.3 Å². The van der Waals surface area contributed by atoms with Gasteiger partial charge in [0.2, 0.25) is 5.91 Å². The maximum Gasteiger partial charge on any atom is 0.393 e. The second-order valence-corrected chi connectivity index (χ2v) is 7.80. The number of fused-ring (bicyclic) bond motifs is 1. The van der Waals surface area contributed by atoms with Crippen molar-refractivity contribution in [1.82, 2.24) is 15.5 Å². The Morgan fingerprint density at radius 2 is 1.63 bits per heavy atom. The maximum atomic E-state index is 13.3. The van der Waals surface area contributed by atoms with Crippen molar-refractivity contribution in [2.75, 3.05) is 13.1 Å². The lowest BCUT2D eigenvalue weighted by atomic mass is 9.75. The fraction of sp³-hybridized carbons (Fsp3) is 0.938. The van der Waals surface area contributed by atoms with Gasteiger partial charge in [-0.2, -0.15) is 26.3 Å². The average Bonchev–Trinajstić information content (AvgIpc) is 2.94. The molecule has 1 aliphatic carbocycles. The Morgan fingerprint density at radius 1 is 1.00 bits per heavy atom. The fourth-order valence-corrected chi connectivity index (χ4v) is 4.40. The number of rotatable bonds is 2. The second kappa shape index (κ2) is 7.40. The molecule has 0 radical (unpaired) electrons. The topological polar surface area (TPSA) is 70.4 Å². The lowest BCUT2D eigenvalue weighted by molar-refractivity contribution is -0.228. The van der Waals surface area contributed by atoms with Gasteiger partial charge < -0.3 is 10.6 Å². The van der Waals surface area contributed by atoms with Gasteiger partial charge in [-0.15, -0.1) is 0 Å². The van der Waals surface area contributed by atoms with Crippen LogP contribution in [0.1, 0.15) is 32.1 Å². The van der Waals surface area contributed by atoms with E-state index in [1.807, 2.05) is 0 Å². The summed E-state index contributed by atoms with van der Waals surface area (Å²) >= 11 is 0. The first-order chi connectivity index (χ1) is 12.4. The predicted octanol–water partition coefficient (Wildman–Crippen LogP) is 1.73. The summed E-state index contributed by atoms with van der Waals surface area (Å²) < 4.78 is 79.2. The van der Waals surface area contributed by atoms with E-state index in [0.717, 1.165) is 0 Å². The Bertz CT molecular complexity index is 546. The summed E-state index contributed by atoms with van der Waals surface area (Å²) in [6, 6.07) is -2.09. The monoisotopic (exact) mass is 402 g/mol. The maximum absolute atomic E-state index is 13.3. The molecule has 2 heterocycles. The van der Waals surface area contributed by atoms with Gasteiger partial charge in [0.25, 0.3) is 0 Å². The minimum Gasteiger partial charge on any atom is -0.342 e. The van der Waals surface area contributed by atoms with Gasteiger partial charge >= 0.3 is 12.4 Å². The lowest BCUT2D eigenvalue weighted by Crippen LogP contribution is -2.53. The Labute approximate surface area is 153 Å². The molecule has 3 aliphatic rings. The second-order valence-electron chi connectivity index (χ2n) is 7.80. The molecule has 1 saturated carbocycles. The van der Waals surface area contributed by atoms with Crippen LogP contribution >= 0.6 is 0 Å². The Kier molecular flexibility index (Phi) is 5.66. The number of alkyl halides is 6. The third-order valence-corrected chi connectivity index (χ3v) is 5.91. The van der Waals surface area contributed by atoms with E-state index in [4.69, 9.17) is 5.73 Å². The molecule has 156 valence electrons. The molecular formula is C16H24F6N4O. The number of carbonyl (C=O) groups is 1. The average molecular weight is 402 g/mol. The zero-order valence-corrected chi connectivity index (χ0v) is 14.6. The summed E-state index contributed by atoms with van der Waals surface area (Å²) in [6.45, 7) is 0.974. The largest absolute Gasteiger partial charge is 0.393 e. The van der Waals surface area contributed by atoms with Crippen molar-refractivity contribution in [3.05, 3.63) is 0 Å². The van der Waals surface area contributed by atoms with E-state index in [0.29, 0.717) is 25.9 Å². The predicted molar refractivity (Wildman–Crippen MR) is 84.4 cm³/mol. The van der Waals surface area contributed by atoms with Crippen LogP contribution in [0.15, 0.2) is 0 Å². The molecule has 0 aromatic heterocycles. The summed E-state index contributed by atoms with van der Waals surface area (Å²) in [5.41, 5.74) is 5.78. The Hall–Kier alpha value is -1.07. The highest BCUT2D eigenvalue weighted by Gasteiger charge is 2.58. The number of nitrogens with zero attached hydrogens (tertiary/aromatic N) is 1. The van der Waals surface area contributed by atoms with E-state index in [2.05, 4.69) is 10.6 Å². The van der Waals surface area contributed by atoms with Gasteiger partial charge in [-0.25, -0.2) is 0 Å². The zero-order chi connectivity index (χ0) is 20.0. The van der Waals surface area contributed by atoms with Crippen LogP contribution in [0.25, 0.3) is 0 Å². The van der Waals surface area contributed by atoms with E-state index in [9.17, 15) is 31.1 Å². The van der Waals surface area contributed by atoms with Gasteiger partial charge in [0.1, 0.15) is 0 Å². The molecule has 5 atom stereocenters. The number of hydrogen-bond acceptors (Lipinski definition) is 4. The van der Waals surface area contributed by atoms with Crippen molar-refractivity contribution in [2.45, 2.75) is 68.7 Å². The number of carbonyl (C=O) groups excluding carboxylic acids is 1. The molecule has 1 amide bonds. The molecule has 2 aliphatic heterocycles. The standard InChI is InChI=1S/C16H24F6N4O/c17-15(18,19)8-5-10(16(20,21)22)14-11(6-8)24-12(25-14)7-13(27)26-3-1-9(23)2-4-26/h8-12,14,24-25H,1-7,23H2. The minimum absolute atomic E-state index is 0.0338. The molecule has 3 fully saturated rings. The Balaban J connectivity index is 1.65. The van der Waals surface area contributed by atoms with Gasteiger partial charge in [-0.1, -0.05) is 0 Å². The van der Waals surface area contributed by atoms with E-state index in [-0.39, 0.29) is 18.4 Å². The van der Waals surface area contributed by atoms with Crippen molar-refractivity contribution in [1.29, 1.82) is 0 Å². The highest BCUT2D eigenvalue weighted by molar-refractivity contribution is 5.77. The van der Waals surface area contributed by atoms with Crippen LogP contribution in [0, 0.1) is 11.8 Å². The summed E-state index contributed by atoms with van der Waals surface area (Å²) in [5.74, 6) is -4.33. The summed E-state index contributed by atoms with van der Waals surface area (Å²) in [4.78, 5) is 14.0. The summed E-state index contributed by atoms with van der Waals surface area (Å²) in [6.07, 6.45) is -10.3. The minimum atomic E-state index is -4.73. The highest BCUT2D eigenvalue weighted by atomic mass is 19.4. The molecule has 27 heavy (non-hydrogen) atoms. The number of piperidine rings is 1. The number of likely N-dealkylation sites (tertiary alicyclic amines) is 1. The molecule has 0 spiro atoms. The van der Waals surface area contributed by atoms with Crippen LogP contribution in [-0.2, 0) is 4.79 Å². The number of halogens is 6. The first kappa shape index (κ1) is 20.7. The van der Waals surface area contributed by atoms with Crippen LogP contribution in [-0.4, -0.2) is 60.5 Å². The van der Waals surface area contributed by atoms with Crippen molar-refractivity contribution < 1.29 is 31.1 Å². The van der Waals surface area contributed by atoms with Gasteiger partial charge in [0.15, 0.2) is 0 Å². The molecule has 3 rings (SSSR count). The fourth-order valence-electron chi connectivity index (χ4n) is 4.40. The molecule has 5 nitrogen and oxygen atoms in total. The molecule has 0 aromatic carbocycles. The lowest BCUT2D eigenvalue weighted by Gasteiger charge is -2.39. The molecule has 5 unspecified atom stereocenters. The number of nitrogens with two attached hydrogens (primary N) is 1. The first-order valence-electron chi connectivity index (χ1n) is 9.14. The molecule has 0 aromatic rings. The zero-order valence-electron chi connectivity index (χ0n) is 14.6.